The second kappa shape index (κ2) is 9.51. The molecule has 156 valence electrons. The molecule has 1 aliphatic rings. The SMILES string of the molecule is CC(=NNc1ccc(Cl)cc1)C1=C(O)C(CC(=O)NNc2ccc(Cl)cc2)NC1=O. The number of halogens is 2. The second-order valence-corrected chi connectivity index (χ2v) is 7.36. The van der Waals surface area contributed by atoms with E-state index in [0.717, 1.165) is 0 Å². The molecule has 0 aliphatic carbocycles. The molecule has 10 heteroatoms. The number of carbonyl (C=O) groups is 2. The third kappa shape index (κ3) is 5.43. The molecule has 1 atom stereocenters. The average molecular weight is 448 g/mol. The highest BCUT2D eigenvalue weighted by atomic mass is 35.5. The van der Waals surface area contributed by atoms with E-state index in [1.54, 1.807) is 55.5 Å². The lowest BCUT2D eigenvalue weighted by Crippen LogP contribution is -2.37. The van der Waals surface area contributed by atoms with Crippen molar-refractivity contribution < 1.29 is 14.7 Å². The molecule has 0 bridgehead atoms. The van der Waals surface area contributed by atoms with Crippen LogP contribution < -0.4 is 21.6 Å². The molecule has 0 saturated carbocycles. The van der Waals surface area contributed by atoms with Gasteiger partial charge in [-0.3, -0.25) is 25.9 Å². The molecule has 30 heavy (non-hydrogen) atoms. The average Bonchev–Trinajstić information content (AvgIpc) is 3.00. The smallest absolute Gasteiger partial charge is 0.257 e. The van der Waals surface area contributed by atoms with Crippen molar-refractivity contribution in [2.45, 2.75) is 19.4 Å². The number of benzene rings is 2. The number of rotatable bonds is 7. The van der Waals surface area contributed by atoms with E-state index in [1.165, 1.54) is 0 Å². The van der Waals surface area contributed by atoms with Gasteiger partial charge in [0.1, 0.15) is 11.3 Å². The van der Waals surface area contributed by atoms with Crippen LogP contribution in [-0.2, 0) is 9.59 Å². The number of nitrogens with one attached hydrogen (secondary N) is 4. The van der Waals surface area contributed by atoms with Gasteiger partial charge in [-0.1, -0.05) is 23.2 Å². The summed E-state index contributed by atoms with van der Waals surface area (Å²) in [6, 6.07) is 12.7. The third-order valence-electron chi connectivity index (χ3n) is 4.26. The van der Waals surface area contributed by atoms with Crippen LogP contribution in [-0.4, -0.2) is 28.7 Å². The number of amides is 2. The quantitative estimate of drug-likeness (QED) is 0.328. The van der Waals surface area contributed by atoms with E-state index in [0.29, 0.717) is 21.4 Å². The zero-order valence-electron chi connectivity index (χ0n) is 15.9. The van der Waals surface area contributed by atoms with Crippen molar-refractivity contribution in [2.24, 2.45) is 5.10 Å². The number of carbonyl (C=O) groups excluding carboxylic acids is 2. The van der Waals surface area contributed by atoms with Gasteiger partial charge in [0.15, 0.2) is 0 Å². The van der Waals surface area contributed by atoms with Crippen LogP contribution >= 0.6 is 23.2 Å². The van der Waals surface area contributed by atoms with Crippen molar-refractivity contribution in [2.75, 3.05) is 10.9 Å². The van der Waals surface area contributed by atoms with Crippen LogP contribution in [0.15, 0.2) is 65.0 Å². The molecule has 2 aromatic carbocycles. The standard InChI is InChI=1S/C20H19Cl2N5O3/c1-11(24-25-14-6-2-12(21)3-7-14)18-19(29)16(23-20(18)30)10-17(28)27-26-15-8-4-13(22)5-9-15/h2-9,16,25-26,29H,10H2,1H3,(H,23,30)(H,27,28). The first kappa shape index (κ1) is 21.5. The van der Waals surface area contributed by atoms with E-state index in [4.69, 9.17) is 23.2 Å². The Morgan fingerprint density at radius 2 is 1.63 bits per heavy atom. The molecule has 1 heterocycles. The number of hydrazone groups is 1. The Bertz CT molecular complexity index is 1000. The van der Waals surface area contributed by atoms with E-state index >= 15 is 0 Å². The topological polar surface area (TPSA) is 115 Å². The minimum atomic E-state index is -0.847. The summed E-state index contributed by atoms with van der Waals surface area (Å²) < 4.78 is 0. The number of hydrogen-bond acceptors (Lipinski definition) is 6. The number of anilines is 2. The van der Waals surface area contributed by atoms with Crippen LogP contribution in [0, 0.1) is 0 Å². The first-order valence-electron chi connectivity index (χ1n) is 8.94. The summed E-state index contributed by atoms with van der Waals surface area (Å²) in [7, 11) is 0. The fraction of sp³-hybridized carbons (Fsp3) is 0.150. The molecule has 0 fully saturated rings. The Balaban J connectivity index is 1.60. The number of aliphatic hydroxyl groups is 1. The molecular formula is C20H19Cl2N5O3. The van der Waals surface area contributed by atoms with Crippen molar-refractivity contribution in [1.29, 1.82) is 0 Å². The van der Waals surface area contributed by atoms with Gasteiger partial charge in [-0.15, -0.1) is 0 Å². The van der Waals surface area contributed by atoms with Gasteiger partial charge < -0.3 is 10.4 Å². The summed E-state index contributed by atoms with van der Waals surface area (Å²) in [4.78, 5) is 24.4. The second-order valence-electron chi connectivity index (χ2n) is 6.49. The van der Waals surface area contributed by atoms with Gasteiger partial charge in [0.2, 0.25) is 5.91 Å². The number of nitrogens with zero attached hydrogens (tertiary/aromatic N) is 1. The highest BCUT2D eigenvalue weighted by Crippen LogP contribution is 2.20. The third-order valence-corrected chi connectivity index (χ3v) is 4.76. The molecule has 2 amide bonds. The lowest BCUT2D eigenvalue weighted by Gasteiger charge is -2.12. The van der Waals surface area contributed by atoms with E-state index < -0.39 is 17.9 Å². The van der Waals surface area contributed by atoms with E-state index in [2.05, 4.69) is 26.7 Å². The maximum Gasteiger partial charge on any atom is 0.257 e. The highest BCUT2D eigenvalue weighted by Gasteiger charge is 2.34. The Morgan fingerprint density at radius 3 is 2.23 bits per heavy atom. The van der Waals surface area contributed by atoms with Crippen LogP contribution in [0.1, 0.15) is 13.3 Å². The van der Waals surface area contributed by atoms with Crippen LogP contribution in [0.25, 0.3) is 0 Å². The summed E-state index contributed by atoms with van der Waals surface area (Å²) in [6.45, 7) is 1.58. The summed E-state index contributed by atoms with van der Waals surface area (Å²) in [5, 5.41) is 18.3. The summed E-state index contributed by atoms with van der Waals surface area (Å²) in [5.41, 5.74) is 9.65. The first-order chi connectivity index (χ1) is 14.3. The lowest BCUT2D eigenvalue weighted by atomic mass is 10.1. The molecule has 1 unspecified atom stereocenters. The van der Waals surface area contributed by atoms with E-state index in [9.17, 15) is 14.7 Å². The van der Waals surface area contributed by atoms with Gasteiger partial charge in [0.05, 0.1) is 29.5 Å². The predicted octanol–water partition coefficient (Wildman–Crippen LogP) is 3.63. The Morgan fingerprint density at radius 1 is 1.07 bits per heavy atom. The molecule has 3 rings (SSSR count). The normalized spacial score (nSPS) is 16.3. The molecule has 0 aromatic heterocycles. The number of hydrogen-bond donors (Lipinski definition) is 5. The summed E-state index contributed by atoms with van der Waals surface area (Å²) in [5.74, 6) is -1.16. The monoisotopic (exact) mass is 447 g/mol. The van der Waals surface area contributed by atoms with Crippen molar-refractivity contribution in [3.63, 3.8) is 0 Å². The minimum absolute atomic E-state index is 0.0277. The molecule has 5 N–H and O–H groups in total. The lowest BCUT2D eigenvalue weighted by molar-refractivity contribution is -0.121. The number of hydrazine groups is 1. The Labute approximate surface area is 182 Å². The molecule has 2 aromatic rings. The number of aliphatic hydroxyl groups excluding tert-OH is 1. The highest BCUT2D eigenvalue weighted by molar-refractivity contribution is 6.31. The van der Waals surface area contributed by atoms with Gasteiger partial charge in [0, 0.05) is 10.0 Å². The van der Waals surface area contributed by atoms with Crippen LogP contribution in [0.3, 0.4) is 0 Å². The summed E-state index contributed by atoms with van der Waals surface area (Å²) in [6.07, 6.45) is -0.153. The molecular weight excluding hydrogens is 429 g/mol. The van der Waals surface area contributed by atoms with Gasteiger partial charge in [-0.2, -0.15) is 5.10 Å². The molecule has 0 saturated heterocycles. The zero-order valence-corrected chi connectivity index (χ0v) is 17.4. The maximum absolute atomic E-state index is 12.3. The van der Waals surface area contributed by atoms with Gasteiger partial charge in [-0.25, -0.2) is 0 Å². The molecule has 1 aliphatic heterocycles. The molecule has 0 radical (unpaired) electrons. The van der Waals surface area contributed by atoms with Crippen LogP contribution in [0.2, 0.25) is 10.0 Å². The van der Waals surface area contributed by atoms with Crippen molar-refractivity contribution in [3.8, 4) is 0 Å². The van der Waals surface area contributed by atoms with Crippen LogP contribution in [0.4, 0.5) is 11.4 Å². The molecule has 8 nitrogen and oxygen atoms in total. The van der Waals surface area contributed by atoms with Crippen molar-refractivity contribution in [3.05, 3.63) is 69.9 Å². The first-order valence-corrected chi connectivity index (χ1v) is 9.69. The Kier molecular flexibility index (Phi) is 6.81. The van der Waals surface area contributed by atoms with Crippen LogP contribution in [0.5, 0.6) is 0 Å². The van der Waals surface area contributed by atoms with E-state index in [1.807, 2.05) is 0 Å². The maximum atomic E-state index is 12.3. The van der Waals surface area contributed by atoms with Crippen molar-refractivity contribution in [1.82, 2.24) is 10.7 Å². The fourth-order valence-corrected chi connectivity index (χ4v) is 2.98. The predicted molar refractivity (Wildman–Crippen MR) is 118 cm³/mol. The largest absolute Gasteiger partial charge is 0.509 e. The zero-order chi connectivity index (χ0) is 21.7. The fourth-order valence-electron chi connectivity index (χ4n) is 2.73. The molecule has 0 spiro atoms. The Hall–Kier alpha value is -3.23. The van der Waals surface area contributed by atoms with Crippen molar-refractivity contribution >= 4 is 52.1 Å². The van der Waals surface area contributed by atoms with Gasteiger partial charge in [0.25, 0.3) is 5.91 Å². The summed E-state index contributed by atoms with van der Waals surface area (Å²) >= 11 is 11.7. The van der Waals surface area contributed by atoms with E-state index in [-0.39, 0.29) is 23.5 Å². The van der Waals surface area contributed by atoms with Gasteiger partial charge >= 0.3 is 0 Å². The van der Waals surface area contributed by atoms with Gasteiger partial charge in [-0.05, 0) is 55.5 Å². The minimum Gasteiger partial charge on any atom is -0.509 e.